The van der Waals surface area contributed by atoms with Gasteiger partial charge >= 0.3 is 6.18 Å². The maximum Gasteiger partial charge on any atom is 0.401 e. The Hall–Kier alpha value is -3.70. The number of aliphatic imine (C=N–C) groups is 1. The van der Waals surface area contributed by atoms with Crippen LogP contribution < -0.4 is 0 Å². The van der Waals surface area contributed by atoms with Crippen LogP contribution in [0.5, 0.6) is 0 Å². The highest BCUT2D eigenvalue weighted by Gasteiger charge is 2.67. The summed E-state index contributed by atoms with van der Waals surface area (Å²) in [6, 6.07) is 7.80. The molecule has 2 fully saturated rings. The van der Waals surface area contributed by atoms with Gasteiger partial charge in [-0.3, -0.25) is 4.79 Å². The summed E-state index contributed by atoms with van der Waals surface area (Å²) in [4.78, 5) is 24.2. The van der Waals surface area contributed by atoms with Crippen molar-refractivity contribution in [3.8, 4) is 0 Å². The average molecular weight is 585 g/mol. The van der Waals surface area contributed by atoms with Crippen LogP contribution in [-0.2, 0) is 22.2 Å². The molecule has 0 N–H and O–H groups in total. The number of hydrogen-bond donors (Lipinski definition) is 0. The molecule has 4 aliphatic rings. The van der Waals surface area contributed by atoms with Gasteiger partial charge in [0.1, 0.15) is 17.1 Å². The van der Waals surface area contributed by atoms with Gasteiger partial charge in [-0.15, -0.1) is 10.2 Å². The van der Waals surface area contributed by atoms with E-state index in [0.717, 1.165) is 11.6 Å². The molecule has 3 aliphatic heterocycles. The Balaban J connectivity index is 1.15. The molecule has 7 nitrogen and oxygen atoms in total. The van der Waals surface area contributed by atoms with Crippen molar-refractivity contribution >= 4 is 17.9 Å². The first-order valence-electron chi connectivity index (χ1n) is 14.3. The van der Waals surface area contributed by atoms with E-state index in [1.807, 2.05) is 18.3 Å². The van der Waals surface area contributed by atoms with E-state index in [4.69, 9.17) is 0 Å². The average Bonchev–Trinajstić information content (AvgIpc) is 3.64. The zero-order valence-electron chi connectivity index (χ0n) is 22.7. The summed E-state index contributed by atoms with van der Waals surface area (Å²) in [6.07, 6.45) is 1.10. The summed E-state index contributed by atoms with van der Waals surface area (Å²) >= 11 is 0. The number of rotatable bonds is 4. The van der Waals surface area contributed by atoms with E-state index in [-0.39, 0.29) is 48.5 Å². The lowest BCUT2D eigenvalue weighted by Crippen LogP contribution is -2.45. The minimum atomic E-state index is -4.52. The number of aromatic nitrogens is 4. The zero-order chi connectivity index (χ0) is 29.3. The maximum atomic E-state index is 14.9. The van der Waals surface area contributed by atoms with Gasteiger partial charge in [0, 0.05) is 61.3 Å². The second-order valence-corrected chi connectivity index (χ2v) is 12.1. The lowest BCUT2D eigenvalue weighted by Gasteiger charge is -2.38. The number of piperidine rings is 1. The van der Waals surface area contributed by atoms with Crippen molar-refractivity contribution in [1.29, 1.82) is 0 Å². The van der Waals surface area contributed by atoms with E-state index in [1.165, 1.54) is 16.7 Å². The molecule has 2 aromatic heterocycles. The molecule has 42 heavy (non-hydrogen) atoms. The minimum absolute atomic E-state index is 0.0143. The van der Waals surface area contributed by atoms with Crippen LogP contribution in [0.15, 0.2) is 41.5 Å². The number of fused-ring (bicyclic) bond motifs is 3. The van der Waals surface area contributed by atoms with Crippen molar-refractivity contribution in [2.45, 2.75) is 80.3 Å². The molecule has 1 saturated heterocycles. The highest BCUT2D eigenvalue weighted by Crippen LogP contribution is 2.59. The van der Waals surface area contributed by atoms with Gasteiger partial charge in [-0.05, 0) is 56.2 Å². The molecule has 1 aliphatic carbocycles. The fraction of sp³-hybridized carbons (Fsp3) is 0.500. The van der Waals surface area contributed by atoms with Crippen molar-refractivity contribution in [2.75, 3.05) is 13.1 Å². The number of alkyl halides is 3. The first kappa shape index (κ1) is 27.2. The quantitative estimate of drug-likeness (QED) is 0.360. The third-order valence-electron chi connectivity index (χ3n) is 9.74. The van der Waals surface area contributed by atoms with Gasteiger partial charge in [0.15, 0.2) is 17.5 Å². The number of nitrogens with zero attached hydrogens (tertiary/aromatic N) is 6. The summed E-state index contributed by atoms with van der Waals surface area (Å²) in [7, 11) is 0. The number of hydrogen-bond acceptors (Lipinski definition) is 5. The van der Waals surface area contributed by atoms with E-state index >= 15 is 0 Å². The van der Waals surface area contributed by atoms with Crippen LogP contribution in [0.4, 0.5) is 27.8 Å². The van der Waals surface area contributed by atoms with Gasteiger partial charge in [0.2, 0.25) is 5.91 Å². The number of carbonyl (C=O) groups is 1. The Morgan fingerprint density at radius 2 is 1.79 bits per heavy atom. The van der Waals surface area contributed by atoms with Gasteiger partial charge in [-0.25, -0.2) is 18.8 Å². The summed E-state index contributed by atoms with van der Waals surface area (Å²) in [5.41, 5.74) is -1.18. The summed E-state index contributed by atoms with van der Waals surface area (Å²) in [5.74, 6) is -2.39. The van der Waals surface area contributed by atoms with E-state index < -0.39 is 35.1 Å². The normalized spacial score (nSPS) is 23.9. The number of halogens is 5. The van der Waals surface area contributed by atoms with Gasteiger partial charge in [-0.2, -0.15) is 13.2 Å². The Bertz CT molecular complexity index is 1570. The van der Waals surface area contributed by atoms with Crippen LogP contribution in [-0.4, -0.2) is 56.0 Å². The van der Waals surface area contributed by atoms with Crippen molar-refractivity contribution in [3.05, 3.63) is 70.9 Å². The van der Waals surface area contributed by atoms with Gasteiger partial charge in [0.25, 0.3) is 0 Å². The summed E-state index contributed by atoms with van der Waals surface area (Å²) in [5, 5.41) is 8.24. The lowest BCUT2D eigenvalue weighted by atomic mass is 9.75. The predicted octanol–water partition coefficient (Wildman–Crippen LogP) is 5.87. The first-order valence-corrected chi connectivity index (χ1v) is 14.3. The molecule has 1 saturated carbocycles. The standard InChI is InChI=1S/C30H29F5N6O/c31-22-5-1-3-20(24(22)32)19-7-6-18(26-38-39-27(41(26)16-19)29(8-9-29)30(33,34)35)15-23(42)40-13-10-28(11-14-40)17-37-25-21(28)4-2-12-36-25/h1-5,12,17-19H,6-11,13-16H2/t18-,19+/m1/s1. The molecule has 7 rings (SSSR count). The number of amides is 1. The minimum Gasteiger partial charge on any atom is -0.343 e. The number of carbonyl (C=O) groups excluding carboxylic acids is 1. The molecule has 0 bridgehead atoms. The molecule has 0 unspecified atom stereocenters. The van der Waals surface area contributed by atoms with Crippen molar-refractivity contribution < 1.29 is 26.7 Å². The van der Waals surface area contributed by atoms with E-state index in [2.05, 4.69) is 20.2 Å². The molecule has 220 valence electrons. The monoisotopic (exact) mass is 584 g/mol. The van der Waals surface area contributed by atoms with Gasteiger partial charge in [-0.1, -0.05) is 18.2 Å². The highest BCUT2D eigenvalue weighted by molar-refractivity contribution is 5.84. The third-order valence-corrected chi connectivity index (χ3v) is 9.74. The van der Waals surface area contributed by atoms with E-state index in [0.29, 0.717) is 50.4 Å². The molecule has 1 spiro atoms. The fourth-order valence-corrected chi connectivity index (χ4v) is 7.07. The lowest BCUT2D eigenvalue weighted by molar-refractivity contribution is -0.163. The van der Waals surface area contributed by atoms with Crippen LogP contribution in [0.25, 0.3) is 0 Å². The van der Waals surface area contributed by atoms with Crippen molar-refractivity contribution in [3.63, 3.8) is 0 Å². The van der Waals surface area contributed by atoms with Crippen LogP contribution in [0.3, 0.4) is 0 Å². The highest BCUT2D eigenvalue weighted by atomic mass is 19.4. The van der Waals surface area contributed by atoms with Gasteiger partial charge < -0.3 is 9.47 Å². The van der Waals surface area contributed by atoms with Crippen LogP contribution in [0.1, 0.15) is 79.6 Å². The van der Waals surface area contributed by atoms with Crippen LogP contribution in [0, 0.1) is 11.6 Å². The molecule has 5 heterocycles. The maximum absolute atomic E-state index is 14.9. The first-order chi connectivity index (χ1) is 20.1. The number of likely N-dealkylation sites (tertiary alicyclic amines) is 1. The molecule has 12 heteroatoms. The zero-order valence-corrected chi connectivity index (χ0v) is 22.7. The Labute approximate surface area is 238 Å². The second kappa shape index (κ2) is 9.67. The Morgan fingerprint density at radius 3 is 2.52 bits per heavy atom. The van der Waals surface area contributed by atoms with Gasteiger partial charge in [0.05, 0.1) is 0 Å². The van der Waals surface area contributed by atoms with E-state index in [9.17, 15) is 26.7 Å². The molecule has 3 aromatic rings. The summed E-state index contributed by atoms with van der Waals surface area (Å²) in [6.45, 7) is 1.01. The van der Waals surface area contributed by atoms with Crippen LogP contribution >= 0.6 is 0 Å². The predicted molar refractivity (Wildman–Crippen MR) is 143 cm³/mol. The molecular formula is C30H29F5N6O. The molecule has 2 atom stereocenters. The largest absolute Gasteiger partial charge is 0.401 e. The Morgan fingerprint density at radius 1 is 1.00 bits per heavy atom. The van der Waals surface area contributed by atoms with Crippen molar-refractivity contribution in [1.82, 2.24) is 24.6 Å². The van der Waals surface area contributed by atoms with E-state index in [1.54, 1.807) is 11.1 Å². The number of benzene rings is 1. The van der Waals surface area contributed by atoms with Crippen LogP contribution in [0.2, 0.25) is 0 Å². The third kappa shape index (κ3) is 4.24. The molecule has 1 aromatic carbocycles. The fourth-order valence-electron chi connectivity index (χ4n) is 7.07. The number of pyridine rings is 1. The topological polar surface area (TPSA) is 76.3 Å². The second-order valence-electron chi connectivity index (χ2n) is 12.1. The summed E-state index contributed by atoms with van der Waals surface area (Å²) < 4.78 is 73.0. The smallest absolute Gasteiger partial charge is 0.343 e. The molecular weight excluding hydrogens is 555 g/mol. The molecule has 0 radical (unpaired) electrons. The SMILES string of the molecule is O=C(C[C@H]1CC[C@H](c2cccc(F)c2F)Cn2c1nnc2C1(C(F)(F)F)CC1)N1CCC2(C=Nc3ncccc32)CC1. The Kier molecular flexibility index (Phi) is 6.25. The van der Waals surface area contributed by atoms with Crippen molar-refractivity contribution in [2.24, 2.45) is 4.99 Å². The molecule has 1 amide bonds.